The van der Waals surface area contributed by atoms with Gasteiger partial charge in [-0.3, -0.25) is 0 Å². The van der Waals surface area contributed by atoms with Gasteiger partial charge in [-0.15, -0.1) is 0 Å². The van der Waals surface area contributed by atoms with Crippen LogP contribution in [0.15, 0.2) is 115 Å². The van der Waals surface area contributed by atoms with E-state index in [1.54, 1.807) is 0 Å². The molecule has 6 rings (SSSR count). The molecule has 130 valence electrons. The Hall–Kier alpha value is -3.64. The predicted molar refractivity (Wildman–Crippen MR) is 116 cm³/mol. The molecule has 0 unspecified atom stereocenters. The third-order valence-corrected chi connectivity index (χ3v) is 5.81. The fourth-order valence-electron chi connectivity index (χ4n) is 4.71. The third kappa shape index (κ3) is 2.06. The number of fused-ring (bicyclic) bond motifs is 4. The summed E-state index contributed by atoms with van der Waals surface area (Å²) in [5, 5.41) is 2.68. The predicted octanol–water partition coefficient (Wildman–Crippen LogP) is 4.91. The number of hydrogen-bond acceptors (Lipinski definition) is 0. The van der Waals surface area contributed by atoms with E-state index in [0.717, 1.165) is 0 Å². The standard InChI is InChI=1S/C28H18/c1-3-11-19(12-4-1)25-21-15-7-9-17-23(21)27-24-18-10-8-16-22(24)26(28(25)27)20-13-5-2-6-14-20/h1-18H. The van der Waals surface area contributed by atoms with Crippen LogP contribution in [0.4, 0.5) is 0 Å². The summed E-state index contributed by atoms with van der Waals surface area (Å²) in [4.78, 5) is 0. The van der Waals surface area contributed by atoms with Crippen molar-refractivity contribution in [2.24, 2.45) is 0 Å². The first-order valence-electron chi connectivity index (χ1n) is 9.73. The Morgan fingerprint density at radius 1 is 0.286 bits per heavy atom. The molecule has 28 heavy (non-hydrogen) atoms. The van der Waals surface area contributed by atoms with E-state index >= 15 is 0 Å². The van der Waals surface area contributed by atoms with Crippen LogP contribution < -0.4 is 10.4 Å². The minimum absolute atomic E-state index is 1.28. The van der Waals surface area contributed by atoms with Crippen LogP contribution in [0.2, 0.25) is 0 Å². The largest absolute Gasteiger partial charge is 0.0622 e. The highest BCUT2D eigenvalue weighted by Crippen LogP contribution is 2.48. The molecule has 0 saturated heterocycles. The molecule has 0 bridgehead atoms. The van der Waals surface area contributed by atoms with E-state index in [2.05, 4.69) is 109 Å². The van der Waals surface area contributed by atoms with E-state index in [-0.39, 0.29) is 0 Å². The summed E-state index contributed by atoms with van der Waals surface area (Å²) in [5.74, 6) is 0. The van der Waals surface area contributed by atoms with Crippen LogP contribution in [0.5, 0.6) is 0 Å². The lowest BCUT2D eigenvalue weighted by Crippen LogP contribution is -2.24. The molecule has 0 aromatic heterocycles. The molecular formula is C28H18. The van der Waals surface area contributed by atoms with Crippen molar-refractivity contribution < 1.29 is 0 Å². The summed E-state index contributed by atoms with van der Waals surface area (Å²) in [6, 6.07) is 39.3. The molecule has 0 N–H and O–H groups in total. The average molecular weight is 354 g/mol. The van der Waals surface area contributed by atoms with Crippen molar-refractivity contribution in [1.29, 1.82) is 0 Å². The van der Waals surface area contributed by atoms with Gasteiger partial charge in [0.15, 0.2) is 0 Å². The Bertz CT molecular complexity index is 1360. The molecule has 0 aliphatic heterocycles. The molecule has 0 fully saturated rings. The molecular weight excluding hydrogens is 336 g/mol. The van der Waals surface area contributed by atoms with Gasteiger partial charge in [0, 0.05) is 0 Å². The van der Waals surface area contributed by atoms with Crippen molar-refractivity contribution in [2.75, 3.05) is 0 Å². The molecule has 0 heteroatoms. The summed E-state index contributed by atoms with van der Waals surface area (Å²) in [6.07, 6.45) is 0. The summed E-state index contributed by atoms with van der Waals surface area (Å²) >= 11 is 0. The van der Waals surface area contributed by atoms with E-state index < -0.39 is 0 Å². The number of benzene rings is 4. The van der Waals surface area contributed by atoms with Crippen molar-refractivity contribution >= 4 is 16.7 Å². The highest BCUT2D eigenvalue weighted by Gasteiger charge is 2.33. The summed E-state index contributed by atoms with van der Waals surface area (Å²) in [5.41, 5.74) is 10.7. The molecule has 4 aromatic rings. The molecule has 2 aliphatic rings. The van der Waals surface area contributed by atoms with Crippen LogP contribution in [0.1, 0.15) is 22.3 Å². The van der Waals surface area contributed by atoms with Crippen molar-refractivity contribution in [2.45, 2.75) is 0 Å². The van der Waals surface area contributed by atoms with Gasteiger partial charge < -0.3 is 0 Å². The molecule has 4 aromatic carbocycles. The smallest absolute Gasteiger partial charge is 0.000183 e. The van der Waals surface area contributed by atoms with Gasteiger partial charge in [-0.25, -0.2) is 0 Å². The van der Waals surface area contributed by atoms with Crippen LogP contribution >= 0.6 is 0 Å². The van der Waals surface area contributed by atoms with E-state index in [4.69, 9.17) is 0 Å². The normalized spacial score (nSPS) is 14.1. The maximum Gasteiger partial charge on any atom is -0.000183 e. The average Bonchev–Trinajstić information content (AvgIpc) is 3.27. The number of hydrogen-bond donors (Lipinski definition) is 0. The Morgan fingerprint density at radius 3 is 1.32 bits per heavy atom. The maximum absolute atomic E-state index is 2.27. The molecule has 0 heterocycles. The fourth-order valence-corrected chi connectivity index (χ4v) is 4.71. The Balaban J connectivity index is 1.83. The zero-order valence-electron chi connectivity index (χ0n) is 15.4. The maximum atomic E-state index is 2.27. The topological polar surface area (TPSA) is 0 Å². The second-order valence-electron chi connectivity index (χ2n) is 7.32. The summed E-state index contributed by atoms with van der Waals surface area (Å²) in [7, 11) is 0. The van der Waals surface area contributed by atoms with E-state index in [1.807, 2.05) is 0 Å². The van der Waals surface area contributed by atoms with E-state index in [9.17, 15) is 0 Å². The van der Waals surface area contributed by atoms with Gasteiger partial charge in [0.1, 0.15) is 0 Å². The molecule has 2 aliphatic carbocycles. The first kappa shape index (κ1) is 15.4. The van der Waals surface area contributed by atoms with Gasteiger partial charge in [-0.2, -0.15) is 0 Å². The first-order chi connectivity index (χ1) is 13.9. The molecule has 0 saturated carbocycles. The zero-order valence-corrected chi connectivity index (χ0v) is 15.4. The van der Waals surface area contributed by atoms with Gasteiger partial charge in [-0.05, 0) is 55.0 Å². The molecule has 0 spiro atoms. The minimum atomic E-state index is 1.28. The molecule has 0 amide bonds. The highest BCUT2D eigenvalue weighted by atomic mass is 14.4. The lowest BCUT2D eigenvalue weighted by atomic mass is 9.91. The summed E-state index contributed by atoms with van der Waals surface area (Å²) < 4.78 is 0. The van der Waals surface area contributed by atoms with Crippen LogP contribution in [0.3, 0.4) is 0 Å². The Kier molecular flexibility index (Phi) is 3.27. The van der Waals surface area contributed by atoms with Gasteiger partial charge in [0.05, 0.1) is 0 Å². The van der Waals surface area contributed by atoms with Gasteiger partial charge in [0.25, 0.3) is 0 Å². The van der Waals surface area contributed by atoms with E-state index in [0.29, 0.717) is 0 Å². The Labute approximate surface area is 164 Å². The van der Waals surface area contributed by atoms with Crippen molar-refractivity contribution in [1.82, 2.24) is 0 Å². The lowest BCUT2D eigenvalue weighted by molar-refractivity contribution is 1.48. The Morgan fingerprint density at radius 2 is 0.714 bits per heavy atom. The van der Waals surface area contributed by atoms with Crippen LogP contribution in [-0.2, 0) is 0 Å². The van der Waals surface area contributed by atoms with E-state index in [1.165, 1.54) is 55.0 Å². The molecule has 0 nitrogen and oxygen atoms in total. The fraction of sp³-hybridized carbons (Fsp3) is 0. The van der Waals surface area contributed by atoms with Gasteiger partial charge >= 0.3 is 0 Å². The number of allylic oxidation sites excluding steroid dienone is 1. The van der Waals surface area contributed by atoms with Crippen LogP contribution in [0, 0.1) is 0 Å². The SMILES string of the molecule is c1ccc(C2=C3C(c4ccccc4)=c4ccccc4=C3c3ccccc32)cc1. The first-order valence-corrected chi connectivity index (χ1v) is 9.73. The minimum Gasteiger partial charge on any atom is -0.0622 e. The molecule has 0 radical (unpaired) electrons. The van der Waals surface area contributed by atoms with Gasteiger partial charge in [0.2, 0.25) is 0 Å². The second kappa shape index (κ2) is 5.94. The monoisotopic (exact) mass is 354 g/mol. The van der Waals surface area contributed by atoms with Crippen molar-refractivity contribution in [3.8, 4) is 0 Å². The third-order valence-electron chi connectivity index (χ3n) is 5.81. The quantitative estimate of drug-likeness (QED) is 0.480. The second-order valence-corrected chi connectivity index (χ2v) is 7.32. The van der Waals surface area contributed by atoms with Crippen LogP contribution in [0.25, 0.3) is 16.7 Å². The highest BCUT2D eigenvalue weighted by molar-refractivity contribution is 6.16. The van der Waals surface area contributed by atoms with Crippen molar-refractivity contribution in [3.63, 3.8) is 0 Å². The lowest BCUT2D eigenvalue weighted by Gasteiger charge is -2.12. The number of rotatable bonds is 2. The van der Waals surface area contributed by atoms with Crippen LogP contribution in [-0.4, -0.2) is 0 Å². The molecule has 0 atom stereocenters. The van der Waals surface area contributed by atoms with Gasteiger partial charge in [-0.1, -0.05) is 109 Å². The summed E-state index contributed by atoms with van der Waals surface area (Å²) in [6.45, 7) is 0. The zero-order chi connectivity index (χ0) is 18.5. The van der Waals surface area contributed by atoms with Crippen molar-refractivity contribution in [3.05, 3.63) is 147 Å².